The van der Waals surface area contributed by atoms with Gasteiger partial charge in [0.05, 0.1) is 7.11 Å². The molecule has 1 aromatic carbocycles. The average Bonchev–Trinajstić information content (AvgIpc) is 2.47. The molecule has 0 aromatic heterocycles. The molecule has 3 N–H and O–H groups in total. The van der Waals surface area contributed by atoms with Crippen molar-refractivity contribution < 1.29 is 4.74 Å². The number of benzene rings is 1. The summed E-state index contributed by atoms with van der Waals surface area (Å²) in [6, 6.07) is 7.62. The number of rotatable bonds is 8. The minimum Gasteiger partial charge on any atom is -0.497 e. The number of hydrogen-bond donors (Lipinski definition) is 2. The first kappa shape index (κ1) is 16.3. The summed E-state index contributed by atoms with van der Waals surface area (Å²) < 4.78 is 5.16. The minimum absolute atomic E-state index is 0.442. The Morgan fingerprint density at radius 1 is 1.35 bits per heavy atom. The molecule has 0 heterocycles. The van der Waals surface area contributed by atoms with Crippen LogP contribution in [0.3, 0.4) is 0 Å². The molecule has 0 unspecified atom stereocenters. The van der Waals surface area contributed by atoms with Crippen molar-refractivity contribution in [1.29, 1.82) is 0 Å². The lowest BCUT2D eigenvalue weighted by atomic mass is 10.3. The lowest BCUT2D eigenvalue weighted by Gasteiger charge is -2.16. The van der Waals surface area contributed by atoms with E-state index in [2.05, 4.69) is 29.1 Å². The van der Waals surface area contributed by atoms with Crippen molar-refractivity contribution in [2.24, 2.45) is 10.7 Å². The van der Waals surface area contributed by atoms with Crippen LogP contribution in [0.4, 0.5) is 5.69 Å². The molecule has 112 valence electrons. The van der Waals surface area contributed by atoms with E-state index in [0.29, 0.717) is 5.96 Å². The number of methoxy groups -OCH3 is 1. The van der Waals surface area contributed by atoms with Crippen molar-refractivity contribution in [1.82, 2.24) is 4.90 Å². The van der Waals surface area contributed by atoms with Gasteiger partial charge in [0, 0.05) is 18.3 Å². The molecule has 5 nitrogen and oxygen atoms in total. The number of anilines is 1. The van der Waals surface area contributed by atoms with Gasteiger partial charge in [0.25, 0.3) is 0 Å². The van der Waals surface area contributed by atoms with Crippen molar-refractivity contribution in [2.45, 2.75) is 20.3 Å². The van der Waals surface area contributed by atoms with Gasteiger partial charge in [-0.3, -0.25) is 4.99 Å². The third kappa shape index (κ3) is 5.93. The van der Waals surface area contributed by atoms with E-state index in [1.165, 1.54) is 0 Å². The molecule has 0 spiro atoms. The molecule has 20 heavy (non-hydrogen) atoms. The summed E-state index contributed by atoms with van der Waals surface area (Å²) in [6.07, 6.45) is 1.02. The standard InChI is InChI=1S/C15H26N4O/c1-4-19(5-2)11-7-10-17-15(16)18-13-8-6-9-14(12-13)20-3/h6,8-9,12H,4-5,7,10-11H2,1-3H3,(H3,16,17,18). The van der Waals surface area contributed by atoms with Crippen molar-refractivity contribution in [3.8, 4) is 5.75 Å². The van der Waals surface area contributed by atoms with E-state index in [-0.39, 0.29) is 0 Å². The summed E-state index contributed by atoms with van der Waals surface area (Å²) in [5.41, 5.74) is 6.75. The molecule has 0 radical (unpaired) electrons. The van der Waals surface area contributed by atoms with Crippen LogP contribution in [0.2, 0.25) is 0 Å². The molecule has 0 aliphatic rings. The van der Waals surface area contributed by atoms with E-state index < -0.39 is 0 Å². The summed E-state index contributed by atoms with van der Waals surface area (Å²) in [5.74, 6) is 1.24. The second kappa shape index (κ2) is 9.20. The van der Waals surface area contributed by atoms with Crippen LogP contribution in [0.15, 0.2) is 29.3 Å². The molecule has 1 rings (SSSR count). The summed E-state index contributed by atoms with van der Waals surface area (Å²) in [5, 5.41) is 3.07. The highest BCUT2D eigenvalue weighted by atomic mass is 16.5. The predicted molar refractivity (Wildman–Crippen MR) is 85.5 cm³/mol. The van der Waals surface area contributed by atoms with Crippen LogP contribution >= 0.6 is 0 Å². The molecule has 0 saturated carbocycles. The van der Waals surface area contributed by atoms with E-state index in [1.54, 1.807) is 7.11 Å². The molecule has 0 amide bonds. The van der Waals surface area contributed by atoms with Crippen LogP contribution in [-0.2, 0) is 0 Å². The van der Waals surface area contributed by atoms with Crippen molar-refractivity contribution >= 4 is 11.6 Å². The molecular weight excluding hydrogens is 252 g/mol. The molecule has 0 aliphatic carbocycles. The number of aliphatic imine (C=N–C) groups is 1. The summed E-state index contributed by atoms with van der Waals surface area (Å²) in [6.45, 7) is 8.30. The zero-order valence-electron chi connectivity index (χ0n) is 12.7. The molecule has 0 fully saturated rings. The van der Waals surface area contributed by atoms with Gasteiger partial charge < -0.3 is 20.7 Å². The minimum atomic E-state index is 0.442. The van der Waals surface area contributed by atoms with E-state index >= 15 is 0 Å². The van der Waals surface area contributed by atoms with E-state index in [1.807, 2.05) is 24.3 Å². The van der Waals surface area contributed by atoms with Gasteiger partial charge in [0.15, 0.2) is 5.96 Å². The SMILES string of the molecule is CCN(CC)CCCN=C(N)Nc1cccc(OC)c1. The van der Waals surface area contributed by atoms with Gasteiger partial charge in [-0.15, -0.1) is 0 Å². The zero-order valence-corrected chi connectivity index (χ0v) is 12.7. The number of ether oxygens (including phenoxy) is 1. The van der Waals surface area contributed by atoms with E-state index in [4.69, 9.17) is 10.5 Å². The van der Waals surface area contributed by atoms with Gasteiger partial charge >= 0.3 is 0 Å². The van der Waals surface area contributed by atoms with Crippen LogP contribution in [0.25, 0.3) is 0 Å². The van der Waals surface area contributed by atoms with Crippen molar-refractivity contribution in [3.05, 3.63) is 24.3 Å². The van der Waals surface area contributed by atoms with Crippen molar-refractivity contribution in [2.75, 3.05) is 38.6 Å². The fourth-order valence-electron chi connectivity index (χ4n) is 1.92. The smallest absolute Gasteiger partial charge is 0.193 e. The van der Waals surface area contributed by atoms with Gasteiger partial charge in [-0.05, 0) is 38.2 Å². The highest BCUT2D eigenvalue weighted by Crippen LogP contribution is 2.16. The zero-order chi connectivity index (χ0) is 14.8. The van der Waals surface area contributed by atoms with E-state index in [9.17, 15) is 0 Å². The Balaban J connectivity index is 2.37. The second-order valence-electron chi connectivity index (χ2n) is 4.50. The van der Waals surface area contributed by atoms with Gasteiger partial charge in [0.2, 0.25) is 0 Å². The van der Waals surface area contributed by atoms with Crippen LogP contribution in [0, 0.1) is 0 Å². The Morgan fingerprint density at radius 2 is 2.10 bits per heavy atom. The molecule has 0 atom stereocenters. The van der Waals surface area contributed by atoms with Crippen molar-refractivity contribution in [3.63, 3.8) is 0 Å². The highest BCUT2D eigenvalue weighted by molar-refractivity contribution is 5.92. The summed E-state index contributed by atoms with van der Waals surface area (Å²) >= 11 is 0. The Labute approximate surface area is 121 Å². The third-order valence-electron chi connectivity index (χ3n) is 3.15. The molecular formula is C15H26N4O. The Kier molecular flexibility index (Phi) is 7.50. The Morgan fingerprint density at radius 3 is 2.75 bits per heavy atom. The first-order valence-electron chi connectivity index (χ1n) is 7.13. The van der Waals surface area contributed by atoms with Gasteiger partial charge in [0.1, 0.15) is 5.75 Å². The van der Waals surface area contributed by atoms with Crippen LogP contribution in [0.5, 0.6) is 5.75 Å². The average molecular weight is 278 g/mol. The Hall–Kier alpha value is -1.75. The normalized spacial score (nSPS) is 11.7. The molecule has 5 heteroatoms. The van der Waals surface area contributed by atoms with Gasteiger partial charge in [-0.25, -0.2) is 0 Å². The quantitative estimate of drug-likeness (QED) is 0.434. The maximum atomic E-state index is 5.86. The number of nitrogens with one attached hydrogen (secondary N) is 1. The molecule has 0 saturated heterocycles. The molecule has 0 aliphatic heterocycles. The van der Waals surface area contributed by atoms with Gasteiger partial charge in [-0.1, -0.05) is 19.9 Å². The monoisotopic (exact) mass is 278 g/mol. The molecule has 1 aromatic rings. The first-order valence-corrected chi connectivity index (χ1v) is 7.13. The number of guanidine groups is 1. The van der Waals surface area contributed by atoms with Crippen LogP contribution < -0.4 is 15.8 Å². The fourth-order valence-corrected chi connectivity index (χ4v) is 1.92. The number of hydrogen-bond acceptors (Lipinski definition) is 3. The first-order chi connectivity index (χ1) is 9.69. The second-order valence-corrected chi connectivity index (χ2v) is 4.50. The van der Waals surface area contributed by atoms with Crippen LogP contribution in [0.1, 0.15) is 20.3 Å². The predicted octanol–water partition coefficient (Wildman–Crippen LogP) is 2.15. The number of nitrogens with zero attached hydrogens (tertiary/aromatic N) is 2. The molecule has 0 bridgehead atoms. The lowest BCUT2D eigenvalue weighted by Crippen LogP contribution is -2.26. The fraction of sp³-hybridized carbons (Fsp3) is 0.533. The van der Waals surface area contributed by atoms with Crippen LogP contribution in [-0.4, -0.2) is 44.1 Å². The van der Waals surface area contributed by atoms with E-state index in [0.717, 1.165) is 44.0 Å². The highest BCUT2D eigenvalue weighted by Gasteiger charge is 1.99. The van der Waals surface area contributed by atoms with Gasteiger partial charge in [-0.2, -0.15) is 0 Å². The summed E-state index contributed by atoms with van der Waals surface area (Å²) in [7, 11) is 1.64. The largest absolute Gasteiger partial charge is 0.497 e. The maximum absolute atomic E-state index is 5.86. The third-order valence-corrected chi connectivity index (χ3v) is 3.15. The topological polar surface area (TPSA) is 62.9 Å². The summed E-state index contributed by atoms with van der Waals surface area (Å²) in [4.78, 5) is 6.71. The Bertz CT molecular complexity index is 416. The maximum Gasteiger partial charge on any atom is 0.193 e. The number of nitrogens with two attached hydrogens (primary N) is 1. The lowest BCUT2D eigenvalue weighted by molar-refractivity contribution is 0.302.